The molecule has 1 aromatic carbocycles. The number of Topliss-reactive ketones (excluding diaryl/α,β-unsaturated/α-hetero) is 1. The summed E-state index contributed by atoms with van der Waals surface area (Å²) in [7, 11) is 1.41. The van der Waals surface area contributed by atoms with Gasteiger partial charge in [-0.05, 0) is 24.1 Å². The van der Waals surface area contributed by atoms with E-state index in [4.69, 9.17) is 4.74 Å². The van der Waals surface area contributed by atoms with Crippen LogP contribution in [0.3, 0.4) is 0 Å². The molecule has 0 amide bonds. The third kappa shape index (κ3) is 2.84. The van der Waals surface area contributed by atoms with Crippen LogP contribution in [0.25, 0.3) is 0 Å². The Balaban J connectivity index is 2.07. The summed E-state index contributed by atoms with van der Waals surface area (Å²) >= 11 is 0. The number of carbonyl (C=O) groups is 1. The number of methoxy groups -OCH3 is 1. The zero-order chi connectivity index (χ0) is 12.3. The van der Waals surface area contributed by atoms with Gasteiger partial charge in [0.15, 0.2) is 17.3 Å². The molecule has 1 saturated carbocycles. The van der Waals surface area contributed by atoms with Crippen molar-refractivity contribution in [2.45, 2.75) is 32.1 Å². The highest BCUT2D eigenvalue weighted by Gasteiger charge is 2.19. The second-order valence-corrected chi connectivity index (χ2v) is 4.63. The summed E-state index contributed by atoms with van der Waals surface area (Å²) in [6.45, 7) is 0. The predicted molar refractivity (Wildman–Crippen MR) is 63.9 cm³/mol. The molecule has 92 valence electrons. The van der Waals surface area contributed by atoms with E-state index in [2.05, 4.69) is 0 Å². The predicted octanol–water partition coefficient (Wildman–Crippen LogP) is 3.60. The largest absolute Gasteiger partial charge is 0.494 e. The van der Waals surface area contributed by atoms with Crippen LogP contribution < -0.4 is 4.74 Å². The Kier molecular flexibility index (Phi) is 3.77. The van der Waals surface area contributed by atoms with Gasteiger partial charge < -0.3 is 4.74 Å². The number of benzene rings is 1. The molecule has 1 aliphatic rings. The van der Waals surface area contributed by atoms with Crippen molar-refractivity contribution in [2.24, 2.45) is 5.92 Å². The summed E-state index contributed by atoms with van der Waals surface area (Å²) in [5.41, 5.74) is 0.551. The smallest absolute Gasteiger partial charge is 0.165 e. The Bertz CT molecular complexity index is 409. The fourth-order valence-electron chi connectivity index (χ4n) is 2.43. The van der Waals surface area contributed by atoms with Crippen LogP contribution in [0.4, 0.5) is 4.39 Å². The first-order valence-electron chi connectivity index (χ1n) is 6.07. The SMILES string of the molecule is COc1cc(C(=O)CC2CCCC2)ccc1F. The minimum absolute atomic E-state index is 0.0928. The van der Waals surface area contributed by atoms with Crippen LogP contribution in [0.15, 0.2) is 18.2 Å². The van der Waals surface area contributed by atoms with Crippen molar-refractivity contribution < 1.29 is 13.9 Å². The van der Waals surface area contributed by atoms with Gasteiger partial charge in [0.05, 0.1) is 7.11 Å². The highest BCUT2D eigenvalue weighted by molar-refractivity contribution is 5.96. The second kappa shape index (κ2) is 5.30. The zero-order valence-corrected chi connectivity index (χ0v) is 10.0. The van der Waals surface area contributed by atoms with Gasteiger partial charge in [-0.1, -0.05) is 25.7 Å². The van der Waals surface area contributed by atoms with E-state index in [1.54, 1.807) is 0 Å². The highest BCUT2D eigenvalue weighted by Crippen LogP contribution is 2.29. The summed E-state index contributed by atoms with van der Waals surface area (Å²) in [5.74, 6) is 0.320. The van der Waals surface area contributed by atoms with Gasteiger partial charge in [0.1, 0.15) is 0 Å². The first kappa shape index (κ1) is 12.1. The molecule has 0 unspecified atom stereocenters. The van der Waals surface area contributed by atoms with Crippen LogP contribution in [0, 0.1) is 11.7 Å². The summed E-state index contributed by atoms with van der Waals surface area (Å²) in [6, 6.07) is 4.32. The van der Waals surface area contributed by atoms with Gasteiger partial charge in [-0.15, -0.1) is 0 Å². The lowest BCUT2D eigenvalue weighted by atomic mass is 9.97. The lowest BCUT2D eigenvalue weighted by Gasteiger charge is -2.09. The molecule has 3 heteroatoms. The third-order valence-corrected chi connectivity index (χ3v) is 3.42. The number of ketones is 1. The third-order valence-electron chi connectivity index (χ3n) is 3.42. The molecule has 1 aromatic rings. The molecule has 0 aromatic heterocycles. The van der Waals surface area contributed by atoms with Crippen LogP contribution >= 0.6 is 0 Å². The molecule has 17 heavy (non-hydrogen) atoms. The number of carbonyl (C=O) groups excluding carboxylic acids is 1. The van der Waals surface area contributed by atoms with Crippen molar-refractivity contribution in [3.05, 3.63) is 29.6 Å². The molecule has 1 fully saturated rings. The molecular weight excluding hydrogens is 219 g/mol. The highest BCUT2D eigenvalue weighted by atomic mass is 19.1. The maximum absolute atomic E-state index is 13.2. The van der Waals surface area contributed by atoms with Gasteiger partial charge in [0.2, 0.25) is 0 Å². The van der Waals surface area contributed by atoms with Gasteiger partial charge in [-0.25, -0.2) is 4.39 Å². The van der Waals surface area contributed by atoms with E-state index in [0.29, 0.717) is 17.9 Å². The number of ether oxygens (including phenoxy) is 1. The van der Waals surface area contributed by atoms with Crippen LogP contribution in [-0.2, 0) is 0 Å². The average molecular weight is 236 g/mol. The minimum atomic E-state index is -0.426. The van der Waals surface area contributed by atoms with Crippen molar-refractivity contribution >= 4 is 5.78 Å². The van der Waals surface area contributed by atoms with Gasteiger partial charge in [0.25, 0.3) is 0 Å². The average Bonchev–Trinajstić information content (AvgIpc) is 2.82. The van der Waals surface area contributed by atoms with Crippen molar-refractivity contribution in [3.8, 4) is 5.75 Å². The number of hydrogen-bond acceptors (Lipinski definition) is 2. The summed E-state index contributed by atoms with van der Waals surface area (Å²) in [6.07, 6.45) is 5.32. The van der Waals surface area contributed by atoms with Gasteiger partial charge in [0, 0.05) is 12.0 Å². The fraction of sp³-hybridized carbons (Fsp3) is 0.500. The normalized spacial score (nSPS) is 16.1. The second-order valence-electron chi connectivity index (χ2n) is 4.63. The quantitative estimate of drug-likeness (QED) is 0.747. The molecule has 2 nitrogen and oxygen atoms in total. The maximum Gasteiger partial charge on any atom is 0.165 e. The van der Waals surface area contributed by atoms with Crippen molar-refractivity contribution in [2.75, 3.05) is 7.11 Å². The Morgan fingerprint density at radius 3 is 2.76 bits per heavy atom. The summed E-state index contributed by atoms with van der Waals surface area (Å²) in [4.78, 5) is 12.0. The lowest BCUT2D eigenvalue weighted by molar-refractivity contribution is 0.0961. The molecule has 0 N–H and O–H groups in total. The van der Waals surface area contributed by atoms with Gasteiger partial charge >= 0.3 is 0 Å². The molecule has 0 heterocycles. The molecule has 0 radical (unpaired) electrons. The van der Waals surface area contributed by atoms with E-state index in [1.165, 1.54) is 38.2 Å². The Morgan fingerprint density at radius 2 is 2.12 bits per heavy atom. The van der Waals surface area contributed by atoms with Crippen LogP contribution in [0.1, 0.15) is 42.5 Å². The number of rotatable bonds is 4. The molecule has 1 aliphatic carbocycles. The molecule has 0 bridgehead atoms. The topological polar surface area (TPSA) is 26.3 Å². The zero-order valence-electron chi connectivity index (χ0n) is 10.0. The van der Waals surface area contributed by atoms with Crippen molar-refractivity contribution in [1.29, 1.82) is 0 Å². The van der Waals surface area contributed by atoms with E-state index in [9.17, 15) is 9.18 Å². The van der Waals surface area contributed by atoms with Crippen molar-refractivity contribution in [1.82, 2.24) is 0 Å². The van der Waals surface area contributed by atoms with Crippen LogP contribution in [0.5, 0.6) is 5.75 Å². The Morgan fingerprint density at radius 1 is 1.41 bits per heavy atom. The van der Waals surface area contributed by atoms with E-state index in [0.717, 1.165) is 12.8 Å². The Hall–Kier alpha value is -1.38. The molecule has 0 atom stereocenters. The van der Waals surface area contributed by atoms with Crippen molar-refractivity contribution in [3.63, 3.8) is 0 Å². The first-order chi connectivity index (χ1) is 8.20. The first-order valence-corrected chi connectivity index (χ1v) is 6.07. The molecular formula is C14H17FO2. The van der Waals surface area contributed by atoms with E-state index < -0.39 is 5.82 Å². The molecule has 2 rings (SSSR count). The van der Waals surface area contributed by atoms with E-state index in [-0.39, 0.29) is 11.5 Å². The maximum atomic E-state index is 13.2. The lowest BCUT2D eigenvalue weighted by Crippen LogP contribution is -2.06. The summed E-state index contributed by atoms with van der Waals surface area (Å²) < 4.78 is 18.1. The molecule has 0 saturated heterocycles. The molecule has 0 spiro atoms. The fourth-order valence-corrected chi connectivity index (χ4v) is 2.43. The number of hydrogen-bond donors (Lipinski definition) is 0. The minimum Gasteiger partial charge on any atom is -0.494 e. The number of halogens is 1. The molecule has 0 aliphatic heterocycles. The Labute approximate surface area is 101 Å². The summed E-state index contributed by atoms with van der Waals surface area (Å²) in [5, 5.41) is 0. The van der Waals surface area contributed by atoms with E-state index >= 15 is 0 Å². The van der Waals surface area contributed by atoms with Gasteiger partial charge in [-0.3, -0.25) is 4.79 Å². The van der Waals surface area contributed by atoms with Gasteiger partial charge in [-0.2, -0.15) is 0 Å². The van der Waals surface area contributed by atoms with E-state index in [1.807, 2.05) is 0 Å². The monoisotopic (exact) mass is 236 g/mol. The van der Waals surface area contributed by atoms with Crippen LogP contribution in [-0.4, -0.2) is 12.9 Å². The standard InChI is InChI=1S/C14H17FO2/c1-17-14-9-11(6-7-12(14)15)13(16)8-10-4-2-3-5-10/h6-7,9-10H,2-5,8H2,1H3. The van der Waals surface area contributed by atoms with Crippen LogP contribution in [0.2, 0.25) is 0 Å².